The van der Waals surface area contributed by atoms with Crippen molar-refractivity contribution in [2.45, 2.75) is 17.7 Å². The first-order valence-electron chi connectivity index (χ1n) is 6.53. The van der Waals surface area contributed by atoms with Gasteiger partial charge in [0.1, 0.15) is 0 Å². The minimum absolute atomic E-state index is 0.184. The van der Waals surface area contributed by atoms with Crippen molar-refractivity contribution in [3.05, 3.63) is 28.2 Å². The smallest absolute Gasteiger partial charge is 0.242 e. The molecule has 1 aliphatic rings. The van der Waals surface area contributed by atoms with Crippen LogP contribution < -0.4 is 5.32 Å². The lowest BCUT2D eigenvalue weighted by atomic mass is 9.98. The van der Waals surface area contributed by atoms with Gasteiger partial charge < -0.3 is 5.32 Å². The van der Waals surface area contributed by atoms with Gasteiger partial charge in [0.15, 0.2) is 0 Å². The van der Waals surface area contributed by atoms with Crippen LogP contribution >= 0.6 is 23.2 Å². The summed E-state index contributed by atoms with van der Waals surface area (Å²) in [6.07, 6.45) is 2.00. The molecule has 0 atom stereocenters. The summed E-state index contributed by atoms with van der Waals surface area (Å²) in [7, 11) is -1.90. The number of benzene rings is 1. The van der Waals surface area contributed by atoms with Gasteiger partial charge in [-0.25, -0.2) is 12.7 Å². The van der Waals surface area contributed by atoms with Gasteiger partial charge in [-0.15, -0.1) is 0 Å². The Kier molecular flexibility index (Phi) is 5.31. The van der Waals surface area contributed by atoms with E-state index < -0.39 is 10.0 Å². The first-order valence-corrected chi connectivity index (χ1v) is 8.73. The maximum atomic E-state index is 12.5. The van der Waals surface area contributed by atoms with E-state index in [4.69, 9.17) is 23.2 Å². The van der Waals surface area contributed by atoms with Gasteiger partial charge in [-0.1, -0.05) is 23.2 Å². The summed E-state index contributed by atoms with van der Waals surface area (Å²) in [5, 5.41) is 3.88. The average Bonchev–Trinajstić information content (AvgIpc) is 2.42. The third-order valence-electron chi connectivity index (χ3n) is 3.57. The molecule has 112 valence electrons. The number of rotatable bonds is 4. The van der Waals surface area contributed by atoms with E-state index in [-0.39, 0.29) is 9.92 Å². The Bertz CT molecular complexity index is 572. The van der Waals surface area contributed by atoms with Crippen LogP contribution in [0.3, 0.4) is 0 Å². The van der Waals surface area contributed by atoms with Gasteiger partial charge in [0.25, 0.3) is 0 Å². The predicted octanol–water partition coefficient (Wildman–Crippen LogP) is 2.61. The minimum Gasteiger partial charge on any atom is -0.317 e. The Labute approximate surface area is 130 Å². The number of halogens is 2. The summed E-state index contributed by atoms with van der Waals surface area (Å²) < 4.78 is 26.4. The molecule has 2 rings (SSSR count). The molecule has 1 saturated heterocycles. The maximum Gasteiger partial charge on any atom is 0.242 e. The van der Waals surface area contributed by atoms with Crippen molar-refractivity contribution in [1.29, 1.82) is 0 Å². The standard InChI is InChI=1S/C13H18Cl2N2O2S/c1-17(9-10-4-6-16-7-5-10)20(18,19)11-2-3-12(14)13(15)8-11/h2-3,8,10,16H,4-7,9H2,1H3. The van der Waals surface area contributed by atoms with Crippen molar-refractivity contribution in [1.82, 2.24) is 9.62 Å². The third kappa shape index (κ3) is 3.65. The van der Waals surface area contributed by atoms with E-state index in [1.54, 1.807) is 7.05 Å². The quantitative estimate of drug-likeness (QED) is 0.919. The van der Waals surface area contributed by atoms with Crippen molar-refractivity contribution in [2.75, 3.05) is 26.7 Å². The van der Waals surface area contributed by atoms with Crippen LogP contribution in [0.2, 0.25) is 10.0 Å². The van der Waals surface area contributed by atoms with Gasteiger partial charge in [0, 0.05) is 13.6 Å². The third-order valence-corrected chi connectivity index (χ3v) is 6.13. The van der Waals surface area contributed by atoms with Crippen LogP contribution in [-0.2, 0) is 10.0 Å². The lowest BCUT2D eigenvalue weighted by molar-refractivity contribution is 0.311. The van der Waals surface area contributed by atoms with E-state index in [1.807, 2.05) is 0 Å². The molecule has 1 aromatic carbocycles. The molecule has 0 bridgehead atoms. The van der Waals surface area contributed by atoms with E-state index in [9.17, 15) is 8.42 Å². The molecule has 0 aliphatic carbocycles. The van der Waals surface area contributed by atoms with Crippen molar-refractivity contribution < 1.29 is 8.42 Å². The van der Waals surface area contributed by atoms with Crippen LogP contribution in [-0.4, -0.2) is 39.4 Å². The molecule has 4 nitrogen and oxygen atoms in total. The van der Waals surface area contributed by atoms with E-state index in [0.717, 1.165) is 25.9 Å². The van der Waals surface area contributed by atoms with Crippen LogP contribution in [0.5, 0.6) is 0 Å². The fourth-order valence-electron chi connectivity index (χ4n) is 2.34. The van der Waals surface area contributed by atoms with Crippen molar-refractivity contribution in [3.63, 3.8) is 0 Å². The van der Waals surface area contributed by atoms with Gasteiger partial charge in [-0.05, 0) is 50.0 Å². The molecule has 0 unspecified atom stereocenters. The van der Waals surface area contributed by atoms with Crippen LogP contribution in [0, 0.1) is 5.92 Å². The summed E-state index contributed by atoms with van der Waals surface area (Å²) in [6, 6.07) is 4.40. The highest BCUT2D eigenvalue weighted by Gasteiger charge is 2.25. The average molecular weight is 337 g/mol. The van der Waals surface area contributed by atoms with E-state index in [1.165, 1.54) is 22.5 Å². The van der Waals surface area contributed by atoms with Crippen molar-refractivity contribution in [3.8, 4) is 0 Å². The molecule has 7 heteroatoms. The zero-order valence-corrected chi connectivity index (χ0v) is 13.6. The summed E-state index contributed by atoms with van der Waals surface area (Å²) >= 11 is 11.7. The SMILES string of the molecule is CN(CC1CCNCC1)S(=O)(=O)c1ccc(Cl)c(Cl)c1. The van der Waals surface area contributed by atoms with Crippen LogP contribution in [0.15, 0.2) is 23.1 Å². The molecule has 20 heavy (non-hydrogen) atoms. The molecule has 1 heterocycles. The summed E-state index contributed by atoms with van der Waals surface area (Å²) in [5.74, 6) is 0.402. The molecule has 1 aliphatic heterocycles. The number of sulfonamides is 1. The second kappa shape index (κ2) is 6.62. The van der Waals surface area contributed by atoms with Crippen molar-refractivity contribution in [2.24, 2.45) is 5.92 Å². The van der Waals surface area contributed by atoms with Gasteiger partial charge >= 0.3 is 0 Å². The normalized spacial score (nSPS) is 17.6. The highest BCUT2D eigenvalue weighted by atomic mass is 35.5. The topological polar surface area (TPSA) is 49.4 Å². The number of hydrogen-bond donors (Lipinski definition) is 1. The first-order chi connectivity index (χ1) is 9.41. The van der Waals surface area contributed by atoms with Gasteiger partial charge in [0.2, 0.25) is 10.0 Å². The zero-order chi connectivity index (χ0) is 14.8. The van der Waals surface area contributed by atoms with Gasteiger partial charge in [0.05, 0.1) is 14.9 Å². The highest BCUT2D eigenvalue weighted by molar-refractivity contribution is 7.89. The molecule has 0 amide bonds. The Balaban J connectivity index is 2.13. The van der Waals surface area contributed by atoms with E-state index >= 15 is 0 Å². The fraction of sp³-hybridized carbons (Fsp3) is 0.538. The molecule has 0 saturated carbocycles. The Morgan fingerprint density at radius 2 is 1.90 bits per heavy atom. The zero-order valence-electron chi connectivity index (χ0n) is 11.3. The lowest BCUT2D eigenvalue weighted by Gasteiger charge is -2.27. The van der Waals surface area contributed by atoms with Gasteiger partial charge in [-0.2, -0.15) is 0 Å². The number of piperidine rings is 1. The Morgan fingerprint density at radius 3 is 2.50 bits per heavy atom. The number of nitrogens with zero attached hydrogens (tertiary/aromatic N) is 1. The minimum atomic E-state index is -3.51. The first kappa shape index (κ1) is 16.0. The number of nitrogens with one attached hydrogen (secondary N) is 1. The molecule has 0 radical (unpaired) electrons. The summed E-state index contributed by atoms with van der Waals surface area (Å²) in [4.78, 5) is 0.184. The molecular weight excluding hydrogens is 319 g/mol. The van der Waals surface area contributed by atoms with Crippen LogP contribution in [0.4, 0.5) is 0 Å². The van der Waals surface area contributed by atoms with Crippen LogP contribution in [0.25, 0.3) is 0 Å². The Morgan fingerprint density at radius 1 is 1.25 bits per heavy atom. The van der Waals surface area contributed by atoms with E-state index in [2.05, 4.69) is 5.32 Å². The highest BCUT2D eigenvalue weighted by Crippen LogP contribution is 2.27. The molecule has 1 N–H and O–H groups in total. The second-order valence-electron chi connectivity index (χ2n) is 5.05. The monoisotopic (exact) mass is 336 g/mol. The Hall–Kier alpha value is -0.330. The van der Waals surface area contributed by atoms with Crippen LogP contribution in [0.1, 0.15) is 12.8 Å². The summed E-state index contributed by atoms with van der Waals surface area (Å²) in [6.45, 7) is 2.43. The molecular formula is C13H18Cl2N2O2S. The fourth-order valence-corrected chi connectivity index (χ4v) is 3.98. The summed E-state index contributed by atoms with van der Waals surface area (Å²) in [5.41, 5.74) is 0. The molecule has 1 aromatic rings. The maximum absolute atomic E-state index is 12.5. The number of hydrogen-bond acceptors (Lipinski definition) is 3. The second-order valence-corrected chi connectivity index (χ2v) is 7.91. The molecule has 0 aromatic heterocycles. The van der Waals surface area contributed by atoms with E-state index in [0.29, 0.717) is 17.5 Å². The molecule has 1 fully saturated rings. The predicted molar refractivity (Wildman–Crippen MR) is 81.9 cm³/mol. The molecule has 0 spiro atoms. The van der Waals surface area contributed by atoms with Crippen molar-refractivity contribution >= 4 is 33.2 Å². The largest absolute Gasteiger partial charge is 0.317 e. The lowest BCUT2D eigenvalue weighted by Crippen LogP contribution is -2.37. The van der Waals surface area contributed by atoms with Gasteiger partial charge in [-0.3, -0.25) is 0 Å².